The Morgan fingerprint density at radius 1 is 1.53 bits per heavy atom. The Balaban J connectivity index is 1.86. The summed E-state index contributed by atoms with van der Waals surface area (Å²) < 4.78 is 5.66. The molecule has 2 unspecified atom stereocenters. The highest BCUT2D eigenvalue weighted by molar-refractivity contribution is 5.88. The standard InChI is InChI=1S/C15H22N2O2/c1-11(15-7-4-8-19-15)16-10-13-5-3-6-14(9-13)17-12(2)18/h3,5-6,9,11,15-16H,4,7-8,10H2,1-2H3,(H,17,18). The molecule has 1 amide bonds. The molecule has 1 aromatic carbocycles. The second kappa shape index (κ2) is 6.68. The molecule has 1 heterocycles. The maximum Gasteiger partial charge on any atom is 0.221 e. The van der Waals surface area contributed by atoms with Crippen LogP contribution in [0.1, 0.15) is 32.3 Å². The molecule has 4 heteroatoms. The number of ether oxygens (including phenoxy) is 1. The third kappa shape index (κ3) is 4.33. The zero-order valence-electron chi connectivity index (χ0n) is 11.6. The lowest BCUT2D eigenvalue weighted by Gasteiger charge is -2.20. The Hall–Kier alpha value is -1.39. The number of carbonyl (C=O) groups excluding carboxylic acids is 1. The first-order valence-electron chi connectivity index (χ1n) is 6.86. The van der Waals surface area contributed by atoms with E-state index in [1.165, 1.54) is 6.92 Å². The third-order valence-corrected chi connectivity index (χ3v) is 3.40. The minimum Gasteiger partial charge on any atom is -0.377 e. The molecule has 0 aromatic heterocycles. The van der Waals surface area contributed by atoms with Gasteiger partial charge in [-0.1, -0.05) is 12.1 Å². The minimum absolute atomic E-state index is 0.0437. The molecular weight excluding hydrogens is 240 g/mol. The average molecular weight is 262 g/mol. The van der Waals surface area contributed by atoms with Crippen molar-refractivity contribution < 1.29 is 9.53 Å². The highest BCUT2D eigenvalue weighted by Crippen LogP contribution is 2.16. The summed E-state index contributed by atoms with van der Waals surface area (Å²) in [5, 5.41) is 6.28. The Morgan fingerprint density at radius 2 is 2.37 bits per heavy atom. The van der Waals surface area contributed by atoms with Crippen LogP contribution in [-0.4, -0.2) is 24.7 Å². The number of benzene rings is 1. The van der Waals surface area contributed by atoms with E-state index in [-0.39, 0.29) is 5.91 Å². The number of nitrogens with one attached hydrogen (secondary N) is 2. The molecule has 1 saturated heterocycles. The highest BCUT2D eigenvalue weighted by atomic mass is 16.5. The lowest BCUT2D eigenvalue weighted by molar-refractivity contribution is -0.114. The van der Waals surface area contributed by atoms with Gasteiger partial charge in [0.2, 0.25) is 5.91 Å². The van der Waals surface area contributed by atoms with Crippen LogP contribution in [0.2, 0.25) is 0 Å². The first-order chi connectivity index (χ1) is 9.15. The van der Waals surface area contributed by atoms with E-state index in [0.29, 0.717) is 12.1 Å². The molecular formula is C15H22N2O2. The Kier molecular flexibility index (Phi) is 4.93. The summed E-state index contributed by atoms with van der Waals surface area (Å²) in [6.45, 7) is 5.35. The van der Waals surface area contributed by atoms with Crippen LogP contribution >= 0.6 is 0 Å². The maximum absolute atomic E-state index is 11.0. The number of amides is 1. The average Bonchev–Trinajstić information content (AvgIpc) is 2.89. The van der Waals surface area contributed by atoms with Crippen LogP contribution in [0.5, 0.6) is 0 Å². The zero-order valence-corrected chi connectivity index (χ0v) is 11.6. The van der Waals surface area contributed by atoms with Crippen molar-refractivity contribution in [3.63, 3.8) is 0 Å². The Bertz CT molecular complexity index is 428. The molecule has 1 aromatic rings. The fourth-order valence-electron chi connectivity index (χ4n) is 2.37. The first kappa shape index (κ1) is 14.0. The van der Waals surface area contributed by atoms with Crippen molar-refractivity contribution in [1.82, 2.24) is 5.32 Å². The molecule has 0 radical (unpaired) electrons. The quantitative estimate of drug-likeness (QED) is 0.856. The van der Waals surface area contributed by atoms with E-state index in [1.54, 1.807) is 0 Å². The van der Waals surface area contributed by atoms with E-state index in [0.717, 1.165) is 37.2 Å². The molecule has 0 saturated carbocycles. The Morgan fingerprint density at radius 3 is 3.05 bits per heavy atom. The van der Waals surface area contributed by atoms with E-state index in [1.807, 2.05) is 18.2 Å². The van der Waals surface area contributed by atoms with Crippen molar-refractivity contribution in [2.45, 2.75) is 45.4 Å². The van der Waals surface area contributed by atoms with Gasteiger partial charge in [-0.3, -0.25) is 4.79 Å². The normalized spacial score (nSPS) is 20.2. The fourth-order valence-corrected chi connectivity index (χ4v) is 2.37. The van der Waals surface area contributed by atoms with Crippen LogP contribution in [0, 0.1) is 0 Å². The third-order valence-electron chi connectivity index (χ3n) is 3.40. The topological polar surface area (TPSA) is 50.4 Å². The second-order valence-corrected chi connectivity index (χ2v) is 5.10. The van der Waals surface area contributed by atoms with Crippen LogP contribution in [-0.2, 0) is 16.1 Å². The van der Waals surface area contributed by atoms with Gasteiger partial charge in [0.1, 0.15) is 0 Å². The molecule has 1 fully saturated rings. The fraction of sp³-hybridized carbons (Fsp3) is 0.533. The van der Waals surface area contributed by atoms with Gasteiger partial charge in [0, 0.05) is 31.8 Å². The summed E-state index contributed by atoms with van der Waals surface area (Å²) in [7, 11) is 0. The van der Waals surface area contributed by atoms with Crippen molar-refractivity contribution in [3.05, 3.63) is 29.8 Å². The smallest absolute Gasteiger partial charge is 0.221 e. The molecule has 4 nitrogen and oxygen atoms in total. The molecule has 2 rings (SSSR count). The lowest BCUT2D eigenvalue weighted by Crippen LogP contribution is -2.36. The number of hydrogen-bond donors (Lipinski definition) is 2. The van der Waals surface area contributed by atoms with Gasteiger partial charge in [-0.05, 0) is 37.5 Å². The van der Waals surface area contributed by atoms with E-state index in [9.17, 15) is 4.79 Å². The summed E-state index contributed by atoms with van der Waals surface area (Å²) >= 11 is 0. The second-order valence-electron chi connectivity index (χ2n) is 5.10. The van der Waals surface area contributed by atoms with Gasteiger partial charge in [0.05, 0.1) is 6.10 Å². The van der Waals surface area contributed by atoms with Crippen molar-refractivity contribution in [3.8, 4) is 0 Å². The van der Waals surface area contributed by atoms with Gasteiger partial charge in [-0.2, -0.15) is 0 Å². The lowest BCUT2D eigenvalue weighted by atomic mass is 10.1. The monoisotopic (exact) mass is 262 g/mol. The number of rotatable bonds is 5. The summed E-state index contributed by atoms with van der Waals surface area (Å²) in [4.78, 5) is 11.0. The highest BCUT2D eigenvalue weighted by Gasteiger charge is 2.21. The van der Waals surface area contributed by atoms with Crippen molar-refractivity contribution in [1.29, 1.82) is 0 Å². The van der Waals surface area contributed by atoms with Crippen LogP contribution in [0.15, 0.2) is 24.3 Å². The summed E-state index contributed by atoms with van der Waals surface area (Å²) in [6.07, 6.45) is 2.63. The predicted molar refractivity (Wildman–Crippen MR) is 76.0 cm³/mol. The van der Waals surface area contributed by atoms with E-state index in [4.69, 9.17) is 4.74 Å². The van der Waals surface area contributed by atoms with Crippen molar-refractivity contribution >= 4 is 11.6 Å². The van der Waals surface area contributed by atoms with Gasteiger partial charge in [0.15, 0.2) is 0 Å². The van der Waals surface area contributed by atoms with Crippen LogP contribution in [0.25, 0.3) is 0 Å². The van der Waals surface area contributed by atoms with Crippen molar-refractivity contribution in [2.24, 2.45) is 0 Å². The van der Waals surface area contributed by atoms with Crippen LogP contribution < -0.4 is 10.6 Å². The minimum atomic E-state index is -0.0437. The van der Waals surface area contributed by atoms with Gasteiger partial charge >= 0.3 is 0 Å². The SMILES string of the molecule is CC(=O)Nc1cccc(CNC(C)C2CCCO2)c1. The molecule has 104 valence electrons. The molecule has 19 heavy (non-hydrogen) atoms. The zero-order chi connectivity index (χ0) is 13.7. The molecule has 0 spiro atoms. The Labute approximate surface area is 114 Å². The number of hydrogen-bond acceptors (Lipinski definition) is 3. The largest absolute Gasteiger partial charge is 0.377 e. The summed E-state index contributed by atoms with van der Waals surface area (Å²) in [6, 6.07) is 8.26. The van der Waals surface area contributed by atoms with Gasteiger partial charge in [-0.15, -0.1) is 0 Å². The summed E-state index contributed by atoms with van der Waals surface area (Å²) in [5.74, 6) is -0.0437. The maximum atomic E-state index is 11.0. The molecule has 0 aliphatic carbocycles. The number of anilines is 1. The predicted octanol–water partition coefficient (Wildman–Crippen LogP) is 2.30. The van der Waals surface area contributed by atoms with Crippen LogP contribution in [0.4, 0.5) is 5.69 Å². The first-order valence-corrected chi connectivity index (χ1v) is 6.86. The van der Waals surface area contributed by atoms with E-state index < -0.39 is 0 Å². The molecule has 0 bridgehead atoms. The molecule has 2 atom stereocenters. The van der Waals surface area contributed by atoms with E-state index in [2.05, 4.69) is 23.6 Å². The molecule has 1 aliphatic heterocycles. The van der Waals surface area contributed by atoms with Gasteiger partial charge in [0.25, 0.3) is 0 Å². The van der Waals surface area contributed by atoms with Gasteiger partial charge < -0.3 is 15.4 Å². The van der Waals surface area contributed by atoms with Gasteiger partial charge in [-0.25, -0.2) is 0 Å². The number of carbonyl (C=O) groups is 1. The molecule has 1 aliphatic rings. The summed E-state index contributed by atoms with van der Waals surface area (Å²) in [5.41, 5.74) is 2.01. The van der Waals surface area contributed by atoms with Crippen molar-refractivity contribution in [2.75, 3.05) is 11.9 Å². The van der Waals surface area contributed by atoms with Crippen LogP contribution in [0.3, 0.4) is 0 Å². The molecule has 2 N–H and O–H groups in total. The van der Waals surface area contributed by atoms with E-state index >= 15 is 0 Å².